The van der Waals surface area contributed by atoms with Gasteiger partial charge in [0.2, 0.25) is 0 Å². The Morgan fingerprint density at radius 2 is 2.12 bits per heavy atom. The molecular weight excluding hydrogens is 277 g/mol. The van der Waals surface area contributed by atoms with Gasteiger partial charge in [0.05, 0.1) is 10.0 Å². The molecule has 0 fully saturated rings. The summed E-state index contributed by atoms with van der Waals surface area (Å²) in [6, 6.07) is 1.74. The monoisotopic (exact) mass is 293 g/mol. The van der Waals surface area contributed by atoms with Crippen LogP contribution in [0.4, 0.5) is 11.6 Å². The van der Waals surface area contributed by atoms with Gasteiger partial charge in [-0.2, -0.15) is 11.8 Å². The van der Waals surface area contributed by atoms with Crippen LogP contribution in [0.2, 0.25) is 10.0 Å². The summed E-state index contributed by atoms with van der Waals surface area (Å²) >= 11 is 14.0. The normalized spacial score (nSPS) is 10.4. The number of rotatable bonds is 6. The lowest BCUT2D eigenvalue weighted by Crippen LogP contribution is -2.22. The van der Waals surface area contributed by atoms with E-state index in [1.807, 2.05) is 18.9 Å². The third kappa shape index (κ3) is 4.12. The van der Waals surface area contributed by atoms with Gasteiger partial charge in [-0.1, -0.05) is 23.2 Å². The van der Waals surface area contributed by atoms with Crippen LogP contribution in [0, 0.1) is 0 Å². The largest absolute Gasteiger partial charge is 0.369 e. The van der Waals surface area contributed by atoms with Crippen molar-refractivity contribution in [3.63, 3.8) is 0 Å². The summed E-state index contributed by atoms with van der Waals surface area (Å²) in [6.07, 6.45) is 2.08. The predicted molar refractivity (Wildman–Crippen MR) is 80.1 cm³/mol. The lowest BCUT2D eigenvalue weighted by atomic mass is 10.4. The molecule has 1 heterocycles. The number of pyridine rings is 1. The third-order valence-corrected chi connectivity index (χ3v) is 3.40. The standard InChI is InChI=1S/C11H17Cl2N3S/c1-4-14-10-8(12)7-9(13)11(15-10)16(2)5-6-17-3/h7H,4-6H2,1-3H3,(H,14,15). The van der Waals surface area contributed by atoms with E-state index in [-0.39, 0.29) is 0 Å². The van der Waals surface area contributed by atoms with Crippen molar-refractivity contribution in [2.75, 3.05) is 42.4 Å². The van der Waals surface area contributed by atoms with Gasteiger partial charge in [-0.3, -0.25) is 0 Å². The minimum absolute atomic E-state index is 0.555. The van der Waals surface area contributed by atoms with Crippen molar-refractivity contribution in [1.29, 1.82) is 0 Å². The van der Waals surface area contributed by atoms with Gasteiger partial charge in [0.15, 0.2) is 0 Å². The molecule has 0 atom stereocenters. The number of anilines is 2. The number of nitrogens with one attached hydrogen (secondary N) is 1. The average Bonchev–Trinajstić information content (AvgIpc) is 2.29. The predicted octanol–water partition coefficient (Wildman–Crippen LogP) is 3.62. The molecule has 6 heteroatoms. The molecule has 1 rings (SSSR count). The Kier molecular flexibility index (Phi) is 6.23. The number of hydrogen-bond donors (Lipinski definition) is 1. The lowest BCUT2D eigenvalue weighted by Gasteiger charge is -2.20. The molecule has 0 saturated carbocycles. The fraction of sp³-hybridized carbons (Fsp3) is 0.545. The van der Waals surface area contributed by atoms with Crippen LogP contribution >= 0.6 is 35.0 Å². The molecule has 96 valence electrons. The van der Waals surface area contributed by atoms with E-state index >= 15 is 0 Å². The molecule has 0 amide bonds. The molecule has 3 nitrogen and oxygen atoms in total. The fourth-order valence-corrected chi connectivity index (χ4v) is 2.38. The zero-order valence-electron chi connectivity index (χ0n) is 10.3. The van der Waals surface area contributed by atoms with E-state index in [0.717, 1.165) is 24.7 Å². The maximum atomic E-state index is 6.15. The van der Waals surface area contributed by atoms with Crippen molar-refractivity contribution >= 4 is 46.6 Å². The quantitative estimate of drug-likeness (QED) is 0.867. The Morgan fingerprint density at radius 3 is 2.71 bits per heavy atom. The van der Waals surface area contributed by atoms with E-state index in [4.69, 9.17) is 23.2 Å². The minimum Gasteiger partial charge on any atom is -0.369 e. The van der Waals surface area contributed by atoms with Gasteiger partial charge in [-0.25, -0.2) is 4.98 Å². The Morgan fingerprint density at radius 1 is 1.41 bits per heavy atom. The van der Waals surface area contributed by atoms with Gasteiger partial charge < -0.3 is 10.2 Å². The van der Waals surface area contributed by atoms with Crippen LogP contribution < -0.4 is 10.2 Å². The Balaban J connectivity index is 2.93. The molecule has 0 spiro atoms. The lowest BCUT2D eigenvalue weighted by molar-refractivity contribution is 0.946. The molecule has 0 aliphatic heterocycles. The highest BCUT2D eigenvalue weighted by Crippen LogP contribution is 2.30. The molecule has 17 heavy (non-hydrogen) atoms. The molecule has 0 unspecified atom stereocenters. The molecule has 0 aliphatic rings. The van der Waals surface area contributed by atoms with E-state index in [1.54, 1.807) is 17.8 Å². The molecular formula is C11H17Cl2N3S. The van der Waals surface area contributed by atoms with E-state index < -0.39 is 0 Å². The highest BCUT2D eigenvalue weighted by Gasteiger charge is 2.12. The highest BCUT2D eigenvalue weighted by molar-refractivity contribution is 7.98. The van der Waals surface area contributed by atoms with Crippen molar-refractivity contribution in [3.8, 4) is 0 Å². The second-order valence-electron chi connectivity index (χ2n) is 3.57. The van der Waals surface area contributed by atoms with E-state index in [2.05, 4.69) is 16.6 Å². The first-order valence-electron chi connectivity index (χ1n) is 5.40. The van der Waals surface area contributed by atoms with Crippen LogP contribution in [0.5, 0.6) is 0 Å². The minimum atomic E-state index is 0.555. The van der Waals surface area contributed by atoms with Crippen LogP contribution in [0.3, 0.4) is 0 Å². The number of nitrogens with zero attached hydrogens (tertiary/aromatic N) is 2. The van der Waals surface area contributed by atoms with Gasteiger partial charge in [0, 0.05) is 25.9 Å². The summed E-state index contributed by atoms with van der Waals surface area (Å²) in [4.78, 5) is 6.49. The second-order valence-corrected chi connectivity index (χ2v) is 5.37. The maximum Gasteiger partial charge on any atom is 0.149 e. The zero-order valence-corrected chi connectivity index (χ0v) is 12.6. The van der Waals surface area contributed by atoms with Crippen molar-refractivity contribution in [1.82, 2.24) is 4.98 Å². The molecule has 1 aromatic rings. The van der Waals surface area contributed by atoms with Crippen LogP contribution in [-0.2, 0) is 0 Å². The van der Waals surface area contributed by atoms with Crippen LogP contribution in [0.15, 0.2) is 6.07 Å². The van der Waals surface area contributed by atoms with Gasteiger partial charge in [0.1, 0.15) is 11.6 Å². The van der Waals surface area contributed by atoms with Crippen molar-refractivity contribution in [2.45, 2.75) is 6.92 Å². The topological polar surface area (TPSA) is 28.2 Å². The SMILES string of the molecule is CCNc1nc(N(C)CCSC)c(Cl)cc1Cl. The van der Waals surface area contributed by atoms with E-state index in [0.29, 0.717) is 15.9 Å². The number of halogens is 2. The zero-order chi connectivity index (χ0) is 12.8. The third-order valence-electron chi connectivity index (χ3n) is 2.25. The maximum absolute atomic E-state index is 6.15. The van der Waals surface area contributed by atoms with Crippen molar-refractivity contribution in [2.24, 2.45) is 0 Å². The number of hydrogen-bond acceptors (Lipinski definition) is 4. The summed E-state index contributed by atoms with van der Waals surface area (Å²) in [5, 5.41) is 4.26. The summed E-state index contributed by atoms with van der Waals surface area (Å²) in [5.41, 5.74) is 0. The summed E-state index contributed by atoms with van der Waals surface area (Å²) in [5.74, 6) is 2.49. The van der Waals surface area contributed by atoms with Gasteiger partial charge in [-0.05, 0) is 19.2 Å². The van der Waals surface area contributed by atoms with Crippen LogP contribution in [0.25, 0.3) is 0 Å². The Labute approximate surface area is 117 Å². The molecule has 0 aliphatic carbocycles. The summed E-state index contributed by atoms with van der Waals surface area (Å²) in [7, 11) is 1.98. The molecule has 1 N–H and O–H groups in total. The fourth-order valence-electron chi connectivity index (χ4n) is 1.35. The average molecular weight is 294 g/mol. The van der Waals surface area contributed by atoms with Gasteiger partial charge in [0.25, 0.3) is 0 Å². The van der Waals surface area contributed by atoms with Gasteiger partial charge in [-0.15, -0.1) is 0 Å². The van der Waals surface area contributed by atoms with Crippen LogP contribution in [0.1, 0.15) is 6.92 Å². The molecule has 0 radical (unpaired) electrons. The first kappa shape index (κ1) is 14.7. The number of thioether (sulfide) groups is 1. The van der Waals surface area contributed by atoms with E-state index in [9.17, 15) is 0 Å². The van der Waals surface area contributed by atoms with Crippen LogP contribution in [-0.4, -0.2) is 37.1 Å². The Bertz CT molecular complexity index is 374. The van der Waals surface area contributed by atoms with Crippen molar-refractivity contribution < 1.29 is 0 Å². The van der Waals surface area contributed by atoms with Crippen molar-refractivity contribution in [3.05, 3.63) is 16.1 Å². The number of aromatic nitrogens is 1. The van der Waals surface area contributed by atoms with Gasteiger partial charge >= 0.3 is 0 Å². The molecule has 0 aromatic carbocycles. The first-order chi connectivity index (χ1) is 8.10. The summed E-state index contributed by atoms with van der Waals surface area (Å²) < 4.78 is 0. The Hall–Kier alpha value is -0.320. The highest BCUT2D eigenvalue weighted by atomic mass is 35.5. The molecule has 1 aromatic heterocycles. The second kappa shape index (κ2) is 7.19. The molecule has 0 bridgehead atoms. The smallest absolute Gasteiger partial charge is 0.149 e. The van der Waals surface area contributed by atoms with E-state index in [1.165, 1.54) is 0 Å². The first-order valence-corrected chi connectivity index (χ1v) is 7.55. The molecule has 0 saturated heterocycles. The summed E-state index contributed by atoms with van der Waals surface area (Å²) in [6.45, 7) is 3.69.